The Labute approximate surface area is 156 Å². The Kier molecular flexibility index (Phi) is 5.44. The molecule has 0 spiro atoms. The van der Waals surface area contributed by atoms with Gasteiger partial charge in [0.1, 0.15) is 5.58 Å². The van der Waals surface area contributed by atoms with Crippen molar-refractivity contribution in [3.8, 4) is 0 Å². The Hall–Kier alpha value is -1.61. The van der Waals surface area contributed by atoms with Gasteiger partial charge in [0.05, 0.1) is 6.26 Å². The molecule has 3 heterocycles. The van der Waals surface area contributed by atoms with Crippen molar-refractivity contribution in [2.45, 2.75) is 76.7 Å². The number of hydrogen-bond donors (Lipinski definition) is 0. The Morgan fingerprint density at radius 2 is 2.12 bits per heavy atom. The molecule has 2 unspecified atom stereocenters. The molecule has 1 aromatic heterocycles. The van der Waals surface area contributed by atoms with Crippen LogP contribution in [0.25, 0.3) is 11.0 Å². The van der Waals surface area contributed by atoms with Crippen LogP contribution in [0.2, 0.25) is 0 Å². The number of Topliss-reactive ketones (excluding diaryl/α,β-unsaturated/α-hetero) is 1. The number of benzene rings is 1. The van der Waals surface area contributed by atoms with E-state index < -0.39 is 0 Å². The van der Waals surface area contributed by atoms with Gasteiger partial charge in [0.25, 0.3) is 0 Å². The second-order valence-electron chi connectivity index (χ2n) is 8.19. The summed E-state index contributed by atoms with van der Waals surface area (Å²) < 4.78 is 5.85. The second-order valence-corrected chi connectivity index (χ2v) is 8.19. The van der Waals surface area contributed by atoms with Crippen LogP contribution in [0.5, 0.6) is 0 Å². The summed E-state index contributed by atoms with van der Waals surface area (Å²) >= 11 is 0. The Morgan fingerprint density at radius 1 is 1.19 bits per heavy atom. The predicted molar refractivity (Wildman–Crippen MR) is 106 cm³/mol. The highest BCUT2D eigenvalue weighted by atomic mass is 16.3. The third-order valence-corrected chi connectivity index (χ3v) is 6.44. The summed E-state index contributed by atoms with van der Waals surface area (Å²) in [7, 11) is 0. The van der Waals surface area contributed by atoms with Crippen LogP contribution >= 0.6 is 0 Å². The standard InChI is InChI=1S/C23H31NO2/c1-2-3-4-8-22(25)18-9-10-23-20(15-18)21(16-26-23)17-11-13-24-12-6-5-7-19(24)14-17/h9-10,15-17,19H,2-8,11-14H2,1H3. The summed E-state index contributed by atoms with van der Waals surface area (Å²) in [5, 5.41) is 1.17. The molecule has 2 aliphatic heterocycles. The van der Waals surface area contributed by atoms with E-state index in [1.165, 1.54) is 56.1 Å². The number of furan rings is 1. The first-order valence-corrected chi connectivity index (χ1v) is 10.5. The van der Waals surface area contributed by atoms with Crippen LogP contribution in [0, 0.1) is 0 Å². The van der Waals surface area contributed by atoms with Crippen LogP contribution < -0.4 is 0 Å². The maximum atomic E-state index is 12.5. The third kappa shape index (κ3) is 3.59. The van der Waals surface area contributed by atoms with E-state index in [0.29, 0.717) is 12.3 Å². The summed E-state index contributed by atoms with van der Waals surface area (Å²) in [5.41, 5.74) is 3.11. The van der Waals surface area contributed by atoms with Crippen LogP contribution in [0.1, 0.15) is 86.6 Å². The fourth-order valence-electron chi connectivity index (χ4n) is 4.89. The lowest BCUT2D eigenvalue weighted by atomic mass is 9.82. The first-order valence-electron chi connectivity index (χ1n) is 10.5. The van der Waals surface area contributed by atoms with Crippen LogP contribution in [0.15, 0.2) is 28.9 Å². The van der Waals surface area contributed by atoms with Crippen molar-refractivity contribution in [3.63, 3.8) is 0 Å². The van der Waals surface area contributed by atoms with Gasteiger partial charge in [0.15, 0.2) is 5.78 Å². The zero-order valence-corrected chi connectivity index (χ0v) is 16.0. The van der Waals surface area contributed by atoms with Gasteiger partial charge in [-0.3, -0.25) is 4.79 Å². The molecule has 3 heteroatoms. The van der Waals surface area contributed by atoms with Crippen LogP contribution in [-0.2, 0) is 0 Å². The van der Waals surface area contributed by atoms with Gasteiger partial charge >= 0.3 is 0 Å². The van der Waals surface area contributed by atoms with Gasteiger partial charge in [0.2, 0.25) is 0 Å². The maximum Gasteiger partial charge on any atom is 0.162 e. The molecule has 0 amide bonds. The second kappa shape index (κ2) is 7.96. The first kappa shape index (κ1) is 17.8. The summed E-state index contributed by atoms with van der Waals surface area (Å²) in [6, 6.07) is 6.76. The Balaban J connectivity index is 1.54. The van der Waals surface area contributed by atoms with Crippen molar-refractivity contribution in [2.75, 3.05) is 13.1 Å². The van der Waals surface area contributed by atoms with E-state index in [9.17, 15) is 4.79 Å². The lowest BCUT2D eigenvalue weighted by Crippen LogP contribution is -2.44. The molecule has 140 valence electrons. The van der Waals surface area contributed by atoms with Gasteiger partial charge in [-0.25, -0.2) is 0 Å². The van der Waals surface area contributed by atoms with E-state index in [0.717, 1.165) is 36.5 Å². The number of rotatable bonds is 6. The molecule has 3 nitrogen and oxygen atoms in total. The van der Waals surface area contributed by atoms with E-state index in [2.05, 4.69) is 17.9 Å². The van der Waals surface area contributed by atoms with Gasteiger partial charge in [-0.2, -0.15) is 0 Å². The van der Waals surface area contributed by atoms with E-state index >= 15 is 0 Å². The summed E-state index contributed by atoms with van der Waals surface area (Å²) in [5.74, 6) is 0.843. The molecule has 0 radical (unpaired) electrons. The number of fused-ring (bicyclic) bond motifs is 2. The van der Waals surface area contributed by atoms with Crippen LogP contribution in [-0.4, -0.2) is 29.8 Å². The van der Waals surface area contributed by atoms with E-state index in [1.807, 2.05) is 18.4 Å². The number of nitrogens with zero attached hydrogens (tertiary/aromatic N) is 1. The molecule has 0 N–H and O–H groups in total. The molecule has 2 aliphatic rings. The Morgan fingerprint density at radius 3 is 3.00 bits per heavy atom. The third-order valence-electron chi connectivity index (χ3n) is 6.44. The molecule has 1 aromatic carbocycles. The van der Waals surface area contributed by atoms with E-state index in [1.54, 1.807) is 0 Å². The lowest BCUT2D eigenvalue weighted by Gasteiger charge is -2.42. The van der Waals surface area contributed by atoms with Crippen LogP contribution in [0.4, 0.5) is 0 Å². The zero-order valence-electron chi connectivity index (χ0n) is 16.0. The van der Waals surface area contributed by atoms with Crippen molar-refractivity contribution < 1.29 is 9.21 Å². The number of unbranched alkanes of at least 4 members (excludes halogenated alkanes) is 2. The van der Waals surface area contributed by atoms with Gasteiger partial charge in [-0.15, -0.1) is 0 Å². The van der Waals surface area contributed by atoms with Crippen molar-refractivity contribution >= 4 is 16.8 Å². The molecule has 4 rings (SSSR count). The van der Waals surface area contributed by atoms with Gasteiger partial charge in [-0.1, -0.05) is 26.2 Å². The largest absolute Gasteiger partial charge is 0.464 e. The predicted octanol–water partition coefficient (Wildman–Crippen LogP) is 5.93. The summed E-state index contributed by atoms with van der Waals surface area (Å²) in [4.78, 5) is 15.2. The van der Waals surface area contributed by atoms with Gasteiger partial charge in [0, 0.05) is 29.0 Å². The smallest absolute Gasteiger partial charge is 0.162 e. The first-order chi connectivity index (χ1) is 12.8. The maximum absolute atomic E-state index is 12.5. The summed E-state index contributed by atoms with van der Waals surface area (Å²) in [6.45, 7) is 4.66. The zero-order chi connectivity index (χ0) is 17.9. The van der Waals surface area contributed by atoms with E-state index in [-0.39, 0.29) is 5.78 Å². The lowest BCUT2D eigenvalue weighted by molar-refractivity contribution is 0.0974. The molecular weight excluding hydrogens is 322 g/mol. The van der Waals surface area contributed by atoms with Crippen molar-refractivity contribution in [1.29, 1.82) is 0 Å². The Bertz CT molecular complexity index is 763. The molecular formula is C23H31NO2. The average molecular weight is 354 g/mol. The molecule has 0 bridgehead atoms. The number of piperidine rings is 2. The molecule has 2 aromatic rings. The normalized spacial score (nSPS) is 23.9. The minimum absolute atomic E-state index is 0.273. The van der Waals surface area contributed by atoms with Crippen molar-refractivity contribution in [1.82, 2.24) is 4.90 Å². The van der Waals surface area contributed by atoms with Gasteiger partial charge < -0.3 is 9.32 Å². The minimum Gasteiger partial charge on any atom is -0.464 e. The number of carbonyl (C=O) groups is 1. The molecule has 2 atom stereocenters. The van der Waals surface area contributed by atoms with E-state index in [4.69, 9.17) is 4.42 Å². The topological polar surface area (TPSA) is 33.5 Å². The fraction of sp³-hybridized carbons (Fsp3) is 0.609. The number of hydrogen-bond acceptors (Lipinski definition) is 3. The highest BCUT2D eigenvalue weighted by Crippen LogP contribution is 2.39. The quantitative estimate of drug-likeness (QED) is 0.477. The minimum atomic E-state index is 0.273. The van der Waals surface area contributed by atoms with Crippen molar-refractivity contribution in [2.24, 2.45) is 0 Å². The number of carbonyl (C=O) groups excluding carboxylic acids is 1. The highest BCUT2D eigenvalue weighted by molar-refractivity contribution is 5.99. The van der Waals surface area contributed by atoms with Gasteiger partial charge in [-0.05, 0) is 69.3 Å². The molecule has 2 saturated heterocycles. The fourth-order valence-corrected chi connectivity index (χ4v) is 4.89. The van der Waals surface area contributed by atoms with Crippen LogP contribution in [0.3, 0.4) is 0 Å². The monoisotopic (exact) mass is 353 g/mol. The van der Waals surface area contributed by atoms with Crippen molar-refractivity contribution in [3.05, 3.63) is 35.6 Å². The molecule has 26 heavy (non-hydrogen) atoms. The SMILES string of the molecule is CCCCCC(=O)c1ccc2occ(C3CCN4CCCCC4C3)c2c1. The molecule has 0 saturated carbocycles. The summed E-state index contributed by atoms with van der Waals surface area (Å²) in [6.07, 6.45) is 12.4. The highest BCUT2D eigenvalue weighted by Gasteiger charge is 2.32. The average Bonchev–Trinajstić information content (AvgIpc) is 3.11. The molecule has 2 fully saturated rings. The molecule has 0 aliphatic carbocycles. The number of ketones is 1.